The van der Waals surface area contributed by atoms with Gasteiger partial charge in [-0.3, -0.25) is 52.7 Å². The number of carbonyl (C=O) groups excluding carboxylic acids is 12. The van der Waals surface area contributed by atoms with Crippen LogP contribution in [0.3, 0.4) is 0 Å². The number of rotatable bonds is 51. The SMILES string of the molecule is C=C(C#N)C(=O)CC[C@@H](NC(=O)[C@@H](CC(=O)CC)Cc1nc2ccc(C(C)C)cc2s1)C1CCCC1.C=C(C#N)C(=O)CC[C@@H](NC(=O)[C@@H](CC(=O)CCC)Cc1nc2ccc(C(C)C)cc2s1)C1CCCC1.C=C(C#N)C(=O)CC[C@@H](NC(=O)[C@@H](CC(=O)NC)Cc1nc2ccc(C(C)C)cc2s1)C1CCCC1.C=C(C#N)C(=O)CC[C@@H](NC(=O)[C@@H](CC(C)=O)Cc1nc2ccc(C(C)C)cc2s1)C1CCCC1. The predicted octanol–water partition coefficient (Wildman–Crippen LogP) is 23.0. The van der Waals surface area contributed by atoms with Crippen molar-refractivity contribution < 1.29 is 57.5 Å². The van der Waals surface area contributed by atoms with Crippen LogP contribution in [0.5, 0.6) is 0 Å². The monoisotopic (exact) mass is 2030 g/mol. The first-order valence-corrected chi connectivity index (χ1v) is 55.1. The van der Waals surface area contributed by atoms with Crippen molar-refractivity contribution in [2.75, 3.05) is 7.05 Å². The van der Waals surface area contributed by atoms with Gasteiger partial charge in [-0.25, -0.2) is 19.9 Å². The van der Waals surface area contributed by atoms with Gasteiger partial charge >= 0.3 is 0 Å². The largest absolute Gasteiger partial charge is 0.359 e. The van der Waals surface area contributed by atoms with Gasteiger partial charge in [0.1, 0.15) is 41.6 Å². The number of allylic oxidation sites excluding steroid dienone is 4. The molecule has 144 heavy (non-hydrogen) atoms. The van der Waals surface area contributed by atoms with Crippen LogP contribution >= 0.6 is 45.3 Å². The van der Waals surface area contributed by atoms with Crippen LogP contribution < -0.4 is 26.6 Å². The fraction of sp³-hybridized carbons (Fsp3) is 0.548. The minimum atomic E-state index is -0.566. The predicted molar refractivity (Wildman–Crippen MR) is 574 cm³/mol. The topological polar surface area (TPSA) is 412 Å². The fourth-order valence-corrected chi connectivity index (χ4v) is 24.1. The molecule has 4 aromatic heterocycles. The number of thiazole rings is 4. The zero-order valence-electron chi connectivity index (χ0n) is 86.4. The summed E-state index contributed by atoms with van der Waals surface area (Å²) in [4.78, 5) is 171. The van der Waals surface area contributed by atoms with Crippen LogP contribution in [0.15, 0.2) is 121 Å². The van der Waals surface area contributed by atoms with E-state index in [1.165, 1.54) is 29.2 Å². The minimum Gasteiger partial charge on any atom is -0.359 e. The summed E-state index contributed by atoms with van der Waals surface area (Å²) in [6.07, 6.45) is 23.3. The summed E-state index contributed by atoms with van der Waals surface area (Å²) in [5.41, 5.74) is 8.45. The van der Waals surface area contributed by atoms with Gasteiger partial charge in [0.2, 0.25) is 29.5 Å². The molecule has 768 valence electrons. The summed E-state index contributed by atoms with van der Waals surface area (Å²) < 4.78 is 4.36. The highest BCUT2D eigenvalue weighted by Crippen LogP contribution is 2.39. The maximum Gasteiger partial charge on any atom is 0.224 e. The molecule has 4 fully saturated rings. The van der Waals surface area contributed by atoms with E-state index in [-0.39, 0.29) is 174 Å². The van der Waals surface area contributed by atoms with Gasteiger partial charge in [-0.1, -0.05) is 171 Å². The normalized spacial score (nSPS) is 15.5. The quantitative estimate of drug-likeness (QED) is 0.0175. The van der Waals surface area contributed by atoms with Crippen molar-refractivity contribution in [3.63, 3.8) is 0 Å². The number of carbonyl (C=O) groups is 12. The summed E-state index contributed by atoms with van der Waals surface area (Å²) in [5.74, 6) is -1.06. The second-order valence-corrected chi connectivity index (χ2v) is 45.2. The molecule has 4 aliphatic carbocycles. The Kier molecular flexibility index (Phi) is 46.6. The van der Waals surface area contributed by atoms with Crippen LogP contribution in [0.2, 0.25) is 0 Å². The van der Waals surface area contributed by atoms with E-state index in [9.17, 15) is 57.5 Å². The molecule has 0 saturated heterocycles. The molecule has 4 aliphatic rings. The molecule has 4 aromatic carbocycles. The molecular formula is C115H147N13O12S4. The molecule has 4 heterocycles. The van der Waals surface area contributed by atoms with E-state index in [1.54, 1.807) is 52.4 Å². The van der Waals surface area contributed by atoms with Crippen molar-refractivity contribution >= 4 is 156 Å². The van der Waals surface area contributed by atoms with Crippen molar-refractivity contribution in [2.45, 2.75) is 349 Å². The number of benzene rings is 4. The van der Waals surface area contributed by atoms with Crippen LogP contribution in [0.4, 0.5) is 0 Å². The molecule has 8 aromatic rings. The van der Waals surface area contributed by atoms with Gasteiger partial charge in [0, 0.05) is 121 Å². The Morgan fingerprint density at radius 3 is 0.806 bits per heavy atom. The molecule has 5 amide bonds. The zero-order chi connectivity index (χ0) is 105. The number of fused-ring (bicyclic) bond motifs is 4. The molecular weight excluding hydrogens is 1880 g/mol. The van der Waals surface area contributed by atoms with Gasteiger partial charge in [0.05, 0.1) is 107 Å². The van der Waals surface area contributed by atoms with Gasteiger partial charge in [-0.05, 0) is 209 Å². The highest BCUT2D eigenvalue weighted by molar-refractivity contribution is 7.19. The second-order valence-electron chi connectivity index (χ2n) is 40.8. The Hall–Kier alpha value is -11.6. The highest BCUT2D eigenvalue weighted by atomic mass is 32.1. The van der Waals surface area contributed by atoms with E-state index in [1.807, 2.05) is 62.4 Å². The van der Waals surface area contributed by atoms with Crippen molar-refractivity contribution in [3.8, 4) is 24.3 Å². The molecule has 12 rings (SSSR count). The average molecular weight is 2030 g/mol. The lowest BCUT2D eigenvalue weighted by molar-refractivity contribution is -0.131. The van der Waals surface area contributed by atoms with E-state index >= 15 is 0 Å². The number of Topliss-reactive ketones (excluding diaryl/α,β-unsaturated/α-hetero) is 7. The Bertz CT molecular complexity index is 5890. The highest BCUT2D eigenvalue weighted by Gasteiger charge is 2.38. The Labute approximate surface area is 866 Å². The van der Waals surface area contributed by atoms with E-state index in [2.05, 4.69) is 157 Å². The van der Waals surface area contributed by atoms with Crippen LogP contribution in [0.1, 0.15) is 341 Å². The lowest BCUT2D eigenvalue weighted by Crippen LogP contribution is -2.44. The van der Waals surface area contributed by atoms with E-state index in [0.717, 1.165) is 170 Å². The number of nitrogens with zero attached hydrogens (tertiary/aromatic N) is 8. The Morgan fingerprint density at radius 1 is 0.354 bits per heavy atom. The number of amides is 5. The third-order valence-corrected chi connectivity index (χ3v) is 32.7. The lowest BCUT2D eigenvalue weighted by Gasteiger charge is -2.27. The van der Waals surface area contributed by atoms with Gasteiger partial charge in [0.25, 0.3) is 0 Å². The first-order chi connectivity index (χ1) is 68.8. The van der Waals surface area contributed by atoms with Crippen LogP contribution in [0.25, 0.3) is 40.9 Å². The smallest absolute Gasteiger partial charge is 0.224 e. The molecule has 0 spiro atoms. The number of nitriles is 4. The molecule has 25 nitrogen and oxygen atoms in total. The van der Waals surface area contributed by atoms with Gasteiger partial charge in [0.15, 0.2) is 23.1 Å². The zero-order valence-corrected chi connectivity index (χ0v) is 89.6. The summed E-state index contributed by atoms with van der Waals surface area (Å²) in [5, 5.41) is 54.6. The van der Waals surface area contributed by atoms with E-state index in [4.69, 9.17) is 41.0 Å². The third-order valence-electron chi connectivity index (χ3n) is 28.6. The summed E-state index contributed by atoms with van der Waals surface area (Å²) in [6.45, 7) is 36.6. The average Bonchev–Trinajstić information content (AvgIpc) is 1.68. The number of nitrogens with one attached hydrogen (secondary N) is 5. The second kappa shape index (κ2) is 57.9. The van der Waals surface area contributed by atoms with Gasteiger partial charge in [-0.15, -0.1) is 45.3 Å². The van der Waals surface area contributed by atoms with Crippen LogP contribution in [-0.4, -0.2) is 121 Å². The molecule has 0 bridgehead atoms. The van der Waals surface area contributed by atoms with Crippen LogP contribution in [-0.2, 0) is 83.2 Å². The van der Waals surface area contributed by atoms with Crippen LogP contribution in [0, 0.1) is 92.7 Å². The molecule has 5 N–H and O–H groups in total. The van der Waals surface area contributed by atoms with E-state index < -0.39 is 23.7 Å². The van der Waals surface area contributed by atoms with E-state index in [0.29, 0.717) is 106 Å². The lowest BCUT2D eigenvalue weighted by atomic mass is 9.90. The van der Waals surface area contributed by atoms with Crippen molar-refractivity contribution in [2.24, 2.45) is 47.3 Å². The number of aromatic nitrogens is 4. The maximum atomic E-state index is 13.6. The standard InChI is InChI=1S/C30H39N3O3S.C29H37N3O3S.C28H36N4O3S.C28H35N3O3S/c1-5-8-24(34)15-23(17-29-32-26-12-11-22(19(2)3)16-28(26)37-29)30(36)33-25(21-9-6-7-10-21)13-14-27(35)20(4)18-31;1-5-23(33)14-22(16-28-31-25-11-10-21(18(2)3)15-27(25)36-28)29(35)32-24(20-8-6-7-9-20)12-13-26(34)19(4)17-30;1-17(2)20-9-10-23-25(13-20)36-27(31-23)15-21(14-26(34)30-4)28(35)32-22(19-7-5-6-8-19)11-12-24(33)18(3)16-29;1-17(2)21-9-10-24-26(14-21)35-27(30-24)15-22(13-19(4)32)28(34)31-23(20-7-5-6-8-20)11-12-25(33)18(3)16-29/h11-12,16,19,21,23,25H,4-10,13-15,17H2,1-3H3,(H,33,36);10-11,15,18,20,22,24H,4-9,12-14,16H2,1-3H3,(H,32,35);9-10,13,17,19,21-22H,3,5-8,11-12,14-15H2,1-2,4H3,(H,30,34)(H,32,35);9-10,14,17,20,22-23H,3,5-8,11-13,15H2,1-2,4H3,(H,31,34)/t23-,25+;22-,24+;21-,22+;22-,23+/m0000/s1. The number of ketones is 7. The summed E-state index contributed by atoms with van der Waals surface area (Å²) in [6, 6.07) is 31.7. The maximum absolute atomic E-state index is 13.6. The molecule has 29 heteroatoms. The number of hydrogen-bond donors (Lipinski definition) is 5. The van der Waals surface area contributed by atoms with Crippen molar-refractivity contribution in [1.29, 1.82) is 21.0 Å². The number of hydrogen-bond acceptors (Lipinski definition) is 24. The first-order valence-electron chi connectivity index (χ1n) is 51.8. The van der Waals surface area contributed by atoms with Crippen molar-refractivity contribution in [1.82, 2.24) is 46.5 Å². The molecule has 8 atom stereocenters. The Morgan fingerprint density at radius 2 is 0.590 bits per heavy atom. The molecule has 0 unspecified atom stereocenters. The third kappa shape index (κ3) is 35.7. The Balaban J connectivity index is 0.000000214. The summed E-state index contributed by atoms with van der Waals surface area (Å²) in [7, 11) is 1.57. The molecule has 4 saturated carbocycles. The first kappa shape index (κ1) is 116. The van der Waals surface area contributed by atoms with Gasteiger partial charge < -0.3 is 31.4 Å². The van der Waals surface area contributed by atoms with Gasteiger partial charge in [-0.2, -0.15) is 21.0 Å². The fourth-order valence-electron chi connectivity index (χ4n) is 19.7. The summed E-state index contributed by atoms with van der Waals surface area (Å²) >= 11 is 6.32. The minimum absolute atomic E-state index is 0.0359. The molecule has 0 aliphatic heterocycles. The molecule has 0 radical (unpaired) electrons. The van der Waals surface area contributed by atoms with Crippen molar-refractivity contribution in [3.05, 3.63) is 164 Å².